The number of nitrogens with one attached hydrogen (secondary N) is 1. The van der Waals surface area contributed by atoms with E-state index < -0.39 is 0 Å². The second-order valence-corrected chi connectivity index (χ2v) is 6.95. The van der Waals surface area contributed by atoms with Crippen LogP contribution in [0.2, 0.25) is 0 Å². The quantitative estimate of drug-likeness (QED) is 0.726. The van der Waals surface area contributed by atoms with Gasteiger partial charge < -0.3 is 9.73 Å². The highest BCUT2D eigenvalue weighted by Crippen LogP contribution is 2.21. The minimum absolute atomic E-state index is 0.0188. The largest absolute Gasteiger partial charge is 0.421 e. The molecule has 6 heteroatoms. The van der Waals surface area contributed by atoms with Gasteiger partial charge in [0.1, 0.15) is 0 Å². The van der Waals surface area contributed by atoms with Crippen LogP contribution >= 0.6 is 11.3 Å². The predicted octanol–water partition coefficient (Wildman–Crippen LogP) is 3.97. The lowest BCUT2D eigenvalue weighted by molar-refractivity contribution is -0.121. The molecule has 25 heavy (non-hydrogen) atoms. The molecule has 0 aliphatic carbocycles. The fourth-order valence-corrected chi connectivity index (χ4v) is 3.47. The fourth-order valence-electron chi connectivity index (χ4n) is 2.84. The van der Waals surface area contributed by atoms with Crippen LogP contribution in [-0.4, -0.2) is 16.1 Å². The van der Waals surface area contributed by atoms with Gasteiger partial charge in [0.05, 0.1) is 0 Å². The molecule has 0 spiro atoms. The van der Waals surface area contributed by atoms with Crippen LogP contribution in [0, 0.1) is 20.8 Å². The molecule has 3 aromatic rings. The van der Waals surface area contributed by atoms with E-state index in [9.17, 15) is 4.79 Å². The van der Waals surface area contributed by atoms with Crippen molar-refractivity contribution in [2.45, 2.75) is 40.2 Å². The van der Waals surface area contributed by atoms with Gasteiger partial charge in [0.2, 0.25) is 17.7 Å². The van der Waals surface area contributed by atoms with Gasteiger partial charge in [0.15, 0.2) is 0 Å². The van der Waals surface area contributed by atoms with Crippen LogP contribution in [0.1, 0.15) is 34.6 Å². The van der Waals surface area contributed by atoms with Crippen molar-refractivity contribution < 1.29 is 9.21 Å². The maximum absolute atomic E-state index is 12.1. The standard InChI is InChI=1S/C19H21N3O2S/c1-12-8-13(2)16(14(3)9-12)10-20-17(23)4-5-18-21-22-19(24-18)15-6-7-25-11-15/h6-9,11H,4-5,10H2,1-3H3,(H,20,23). The van der Waals surface area contributed by atoms with Gasteiger partial charge in [-0.3, -0.25) is 4.79 Å². The molecule has 0 aliphatic rings. The molecule has 0 radical (unpaired) electrons. The molecule has 1 N–H and O–H groups in total. The van der Waals surface area contributed by atoms with E-state index in [0.29, 0.717) is 31.2 Å². The third-order valence-corrected chi connectivity index (χ3v) is 4.79. The number of aryl methyl sites for hydroxylation is 4. The molecule has 0 aliphatic heterocycles. The third-order valence-electron chi connectivity index (χ3n) is 4.10. The molecule has 130 valence electrons. The summed E-state index contributed by atoms with van der Waals surface area (Å²) in [6.45, 7) is 6.77. The Morgan fingerprint density at radius 2 is 1.96 bits per heavy atom. The van der Waals surface area contributed by atoms with Gasteiger partial charge in [-0.2, -0.15) is 11.3 Å². The molecular weight excluding hydrogens is 334 g/mol. The molecular formula is C19H21N3O2S. The van der Waals surface area contributed by atoms with Crippen molar-refractivity contribution >= 4 is 17.2 Å². The van der Waals surface area contributed by atoms with E-state index in [1.807, 2.05) is 16.8 Å². The van der Waals surface area contributed by atoms with Gasteiger partial charge in [0, 0.05) is 30.3 Å². The second-order valence-electron chi connectivity index (χ2n) is 6.17. The number of aromatic nitrogens is 2. The predicted molar refractivity (Wildman–Crippen MR) is 98.4 cm³/mol. The average molecular weight is 355 g/mol. The van der Waals surface area contributed by atoms with Crippen molar-refractivity contribution in [1.29, 1.82) is 0 Å². The first-order valence-electron chi connectivity index (χ1n) is 8.21. The summed E-state index contributed by atoms with van der Waals surface area (Å²) in [7, 11) is 0. The Bertz CT molecular complexity index is 846. The van der Waals surface area contributed by atoms with E-state index in [2.05, 4.69) is 48.4 Å². The lowest BCUT2D eigenvalue weighted by Gasteiger charge is -2.12. The van der Waals surface area contributed by atoms with Crippen LogP contribution < -0.4 is 5.32 Å². The Hall–Kier alpha value is -2.47. The molecule has 0 fully saturated rings. The summed E-state index contributed by atoms with van der Waals surface area (Å²) in [6.07, 6.45) is 0.768. The first-order chi connectivity index (χ1) is 12.0. The molecule has 1 amide bonds. The third kappa shape index (κ3) is 4.33. The minimum atomic E-state index is -0.0188. The van der Waals surface area contributed by atoms with Crippen molar-refractivity contribution in [2.24, 2.45) is 0 Å². The average Bonchev–Trinajstić information content (AvgIpc) is 3.23. The van der Waals surface area contributed by atoms with E-state index in [-0.39, 0.29) is 5.91 Å². The molecule has 0 unspecified atom stereocenters. The van der Waals surface area contributed by atoms with Crippen LogP contribution in [0.15, 0.2) is 33.4 Å². The molecule has 0 bridgehead atoms. The topological polar surface area (TPSA) is 68.0 Å². The summed E-state index contributed by atoms with van der Waals surface area (Å²) in [5, 5.41) is 14.9. The normalized spacial score (nSPS) is 10.8. The van der Waals surface area contributed by atoms with Crippen LogP contribution in [0.4, 0.5) is 0 Å². The summed E-state index contributed by atoms with van der Waals surface area (Å²) in [4.78, 5) is 12.1. The van der Waals surface area contributed by atoms with Gasteiger partial charge >= 0.3 is 0 Å². The number of rotatable bonds is 6. The van der Waals surface area contributed by atoms with Gasteiger partial charge in [-0.25, -0.2) is 0 Å². The Morgan fingerprint density at radius 1 is 1.20 bits per heavy atom. The van der Waals surface area contributed by atoms with Crippen LogP contribution in [-0.2, 0) is 17.8 Å². The summed E-state index contributed by atoms with van der Waals surface area (Å²) in [6, 6.07) is 6.21. The highest BCUT2D eigenvalue weighted by Gasteiger charge is 2.11. The van der Waals surface area contributed by atoms with Crippen molar-refractivity contribution in [3.63, 3.8) is 0 Å². The van der Waals surface area contributed by atoms with Gasteiger partial charge in [-0.05, 0) is 48.9 Å². The molecule has 3 rings (SSSR count). The number of benzene rings is 1. The van der Waals surface area contributed by atoms with Gasteiger partial charge in [0.25, 0.3) is 0 Å². The summed E-state index contributed by atoms with van der Waals surface area (Å²) in [5.41, 5.74) is 5.74. The highest BCUT2D eigenvalue weighted by molar-refractivity contribution is 7.08. The van der Waals surface area contributed by atoms with E-state index in [0.717, 1.165) is 5.56 Å². The van der Waals surface area contributed by atoms with Gasteiger partial charge in [-0.15, -0.1) is 10.2 Å². The van der Waals surface area contributed by atoms with Crippen molar-refractivity contribution in [3.8, 4) is 11.5 Å². The zero-order valence-electron chi connectivity index (χ0n) is 14.6. The molecule has 5 nitrogen and oxygen atoms in total. The molecule has 2 heterocycles. The molecule has 2 aromatic heterocycles. The molecule has 1 aromatic carbocycles. The highest BCUT2D eigenvalue weighted by atomic mass is 32.1. The maximum Gasteiger partial charge on any atom is 0.248 e. The number of nitrogens with zero attached hydrogens (tertiary/aromatic N) is 2. The van der Waals surface area contributed by atoms with Crippen LogP contribution in [0.3, 0.4) is 0 Å². The van der Waals surface area contributed by atoms with E-state index in [4.69, 9.17) is 4.42 Å². The van der Waals surface area contributed by atoms with Gasteiger partial charge in [-0.1, -0.05) is 17.7 Å². The Morgan fingerprint density at radius 3 is 2.64 bits per heavy atom. The Balaban J connectivity index is 1.52. The first-order valence-corrected chi connectivity index (χ1v) is 9.15. The number of amides is 1. The zero-order valence-corrected chi connectivity index (χ0v) is 15.4. The molecule has 0 atom stereocenters. The molecule has 0 saturated carbocycles. The van der Waals surface area contributed by atoms with Crippen molar-refractivity contribution in [1.82, 2.24) is 15.5 Å². The lowest BCUT2D eigenvalue weighted by Crippen LogP contribution is -2.24. The maximum atomic E-state index is 12.1. The number of carbonyl (C=O) groups is 1. The van der Waals surface area contributed by atoms with E-state index >= 15 is 0 Å². The fraction of sp³-hybridized carbons (Fsp3) is 0.316. The summed E-state index contributed by atoms with van der Waals surface area (Å²) in [5.74, 6) is 0.969. The number of hydrogen-bond acceptors (Lipinski definition) is 5. The Labute approximate surface area is 151 Å². The minimum Gasteiger partial charge on any atom is -0.421 e. The summed E-state index contributed by atoms with van der Waals surface area (Å²) < 4.78 is 5.60. The van der Waals surface area contributed by atoms with Crippen LogP contribution in [0.5, 0.6) is 0 Å². The van der Waals surface area contributed by atoms with E-state index in [1.54, 1.807) is 11.3 Å². The number of carbonyl (C=O) groups excluding carboxylic acids is 1. The second kappa shape index (κ2) is 7.61. The molecule has 0 saturated heterocycles. The number of thiophene rings is 1. The zero-order chi connectivity index (χ0) is 17.8. The number of hydrogen-bond donors (Lipinski definition) is 1. The first kappa shape index (κ1) is 17.4. The van der Waals surface area contributed by atoms with Crippen molar-refractivity contribution in [2.75, 3.05) is 0 Å². The lowest BCUT2D eigenvalue weighted by atomic mass is 10.00. The van der Waals surface area contributed by atoms with Crippen LogP contribution in [0.25, 0.3) is 11.5 Å². The smallest absolute Gasteiger partial charge is 0.248 e. The SMILES string of the molecule is Cc1cc(C)c(CNC(=O)CCc2nnc(-c3ccsc3)o2)c(C)c1. The van der Waals surface area contributed by atoms with E-state index in [1.165, 1.54) is 22.3 Å². The monoisotopic (exact) mass is 355 g/mol. The summed E-state index contributed by atoms with van der Waals surface area (Å²) >= 11 is 1.58. The Kier molecular flexibility index (Phi) is 5.28. The van der Waals surface area contributed by atoms with Crippen molar-refractivity contribution in [3.05, 3.63) is 57.1 Å².